The van der Waals surface area contributed by atoms with Crippen LogP contribution in [0.25, 0.3) is 0 Å². The third-order valence-electron chi connectivity index (χ3n) is 4.29. The van der Waals surface area contributed by atoms with Crippen LogP contribution in [0.3, 0.4) is 0 Å². The molecule has 1 unspecified atom stereocenters. The number of hydrogen-bond donors (Lipinski definition) is 1. The number of morpholine rings is 1. The Bertz CT molecular complexity index is 789. The summed E-state index contributed by atoms with van der Waals surface area (Å²) in [4.78, 5) is 26.1. The van der Waals surface area contributed by atoms with Crippen LogP contribution in [0.5, 0.6) is 5.75 Å². The molecule has 2 amide bonds. The van der Waals surface area contributed by atoms with Crippen molar-refractivity contribution in [1.82, 2.24) is 5.32 Å². The molecule has 1 aliphatic heterocycles. The van der Waals surface area contributed by atoms with Crippen LogP contribution in [0.4, 0.5) is 5.69 Å². The second kappa shape index (κ2) is 8.01. The van der Waals surface area contributed by atoms with Crippen LogP contribution in [-0.2, 0) is 9.53 Å². The third-order valence-corrected chi connectivity index (χ3v) is 4.29. The molecule has 1 atom stereocenters. The minimum Gasteiger partial charge on any atom is -0.497 e. The lowest BCUT2D eigenvalue weighted by Crippen LogP contribution is -2.50. The van der Waals surface area contributed by atoms with Gasteiger partial charge in [0.25, 0.3) is 11.8 Å². The van der Waals surface area contributed by atoms with Crippen LogP contribution in [0.15, 0.2) is 48.5 Å². The SMILES string of the molecule is COc1ccc(C(=O)NCC2CN(c3cccc(C)c3)C(=O)CO2)cc1. The summed E-state index contributed by atoms with van der Waals surface area (Å²) in [6.07, 6.45) is -0.254. The molecular formula is C20H22N2O4. The lowest BCUT2D eigenvalue weighted by atomic mass is 10.1. The van der Waals surface area contributed by atoms with E-state index in [2.05, 4.69) is 5.32 Å². The molecule has 1 saturated heterocycles. The fourth-order valence-corrected chi connectivity index (χ4v) is 2.84. The van der Waals surface area contributed by atoms with Crippen molar-refractivity contribution < 1.29 is 19.1 Å². The number of hydrogen-bond acceptors (Lipinski definition) is 4. The topological polar surface area (TPSA) is 67.9 Å². The fraction of sp³-hybridized carbons (Fsp3) is 0.300. The highest BCUT2D eigenvalue weighted by molar-refractivity contribution is 5.95. The summed E-state index contributed by atoms with van der Waals surface area (Å²) in [6, 6.07) is 14.7. The van der Waals surface area contributed by atoms with Gasteiger partial charge < -0.3 is 19.7 Å². The third kappa shape index (κ3) is 4.21. The maximum Gasteiger partial charge on any atom is 0.253 e. The Kier molecular flexibility index (Phi) is 5.53. The van der Waals surface area contributed by atoms with Gasteiger partial charge in [-0.25, -0.2) is 0 Å². The molecule has 1 heterocycles. The van der Waals surface area contributed by atoms with Crippen LogP contribution in [0.2, 0.25) is 0 Å². The van der Waals surface area contributed by atoms with Crippen molar-refractivity contribution in [3.8, 4) is 5.75 Å². The van der Waals surface area contributed by atoms with Gasteiger partial charge in [-0.15, -0.1) is 0 Å². The van der Waals surface area contributed by atoms with Crippen molar-refractivity contribution >= 4 is 17.5 Å². The van der Waals surface area contributed by atoms with Crippen LogP contribution in [0.1, 0.15) is 15.9 Å². The number of nitrogens with zero attached hydrogens (tertiary/aromatic N) is 1. The van der Waals surface area contributed by atoms with Crippen LogP contribution >= 0.6 is 0 Å². The molecule has 1 aliphatic rings. The van der Waals surface area contributed by atoms with Gasteiger partial charge in [0, 0.05) is 17.8 Å². The van der Waals surface area contributed by atoms with Gasteiger partial charge in [0.1, 0.15) is 12.4 Å². The molecule has 0 saturated carbocycles. The molecule has 6 nitrogen and oxygen atoms in total. The number of anilines is 1. The van der Waals surface area contributed by atoms with E-state index < -0.39 is 0 Å². The van der Waals surface area contributed by atoms with E-state index in [0.717, 1.165) is 11.3 Å². The van der Waals surface area contributed by atoms with Crippen LogP contribution in [0, 0.1) is 6.92 Å². The summed E-state index contributed by atoms with van der Waals surface area (Å²) in [6.45, 7) is 2.74. The molecule has 2 aromatic rings. The molecule has 3 rings (SSSR count). The highest BCUT2D eigenvalue weighted by Crippen LogP contribution is 2.20. The molecule has 0 bridgehead atoms. The zero-order chi connectivity index (χ0) is 18.5. The molecule has 0 aromatic heterocycles. The monoisotopic (exact) mass is 354 g/mol. The first-order valence-corrected chi connectivity index (χ1v) is 8.47. The van der Waals surface area contributed by atoms with E-state index in [1.807, 2.05) is 31.2 Å². The quantitative estimate of drug-likeness (QED) is 0.894. The molecule has 136 valence electrons. The number of carbonyl (C=O) groups is 2. The Labute approximate surface area is 152 Å². The summed E-state index contributed by atoms with van der Waals surface area (Å²) < 4.78 is 10.7. The van der Waals surface area contributed by atoms with Crippen molar-refractivity contribution in [3.63, 3.8) is 0 Å². The average Bonchev–Trinajstić information content (AvgIpc) is 2.67. The van der Waals surface area contributed by atoms with Gasteiger partial charge >= 0.3 is 0 Å². The van der Waals surface area contributed by atoms with E-state index in [1.54, 1.807) is 36.3 Å². The first-order chi connectivity index (χ1) is 12.6. The Morgan fingerprint density at radius 1 is 1.27 bits per heavy atom. The zero-order valence-corrected chi connectivity index (χ0v) is 14.9. The van der Waals surface area contributed by atoms with Gasteiger partial charge in [-0.3, -0.25) is 9.59 Å². The number of rotatable bonds is 5. The van der Waals surface area contributed by atoms with Gasteiger partial charge in [0.05, 0.1) is 19.8 Å². The Balaban J connectivity index is 1.59. The second-order valence-corrected chi connectivity index (χ2v) is 6.21. The predicted octanol–water partition coefficient (Wildman–Crippen LogP) is 2.17. The lowest BCUT2D eigenvalue weighted by molar-refractivity contribution is -0.129. The normalized spacial score (nSPS) is 17.1. The minimum atomic E-state index is -0.254. The van der Waals surface area contributed by atoms with Gasteiger partial charge in [-0.05, 0) is 48.9 Å². The average molecular weight is 354 g/mol. The maximum atomic E-state index is 12.3. The Hall–Kier alpha value is -2.86. The van der Waals surface area contributed by atoms with E-state index >= 15 is 0 Å². The molecule has 0 radical (unpaired) electrons. The number of aryl methyl sites for hydroxylation is 1. The largest absolute Gasteiger partial charge is 0.497 e. The molecule has 26 heavy (non-hydrogen) atoms. The highest BCUT2D eigenvalue weighted by Gasteiger charge is 2.27. The summed E-state index contributed by atoms with van der Waals surface area (Å²) in [7, 11) is 1.58. The van der Waals surface area contributed by atoms with E-state index in [4.69, 9.17) is 9.47 Å². The molecule has 0 spiro atoms. The summed E-state index contributed by atoms with van der Waals surface area (Å²) in [5, 5.41) is 2.86. The van der Waals surface area contributed by atoms with E-state index in [-0.39, 0.29) is 24.5 Å². The second-order valence-electron chi connectivity index (χ2n) is 6.21. The summed E-state index contributed by atoms with van der Waals surface area (Å²) in [5.74, 6) is 0.438. The molecule has 6 heteroatoms. The molecule has 2 aromatic carbocycles. The van der Waals surface area contributed by atoms with Crippen LogP contribution in [-0.4, -0.2) is 44.7 Å². The first-order valence-electron chi connectivity index (χ1n) is 8.47. The summed E-state index contributed by atoms with van der Waals surface area (Å²) >= 11 is 0. The van der Waals surface area contributed by atoms with Crippen molar-refractivity contribution in [1.29, 1.82) is 0 Å². The summed E-state index contributed by atoms with van der Waals surface area (Å²) in [5.41, 5.74) is 2.49. The number of nitrogens with one attached hydrogen (secondary N) is 1. The van der Waals surface area contributed by atoms with Crippen molar-refractivity contribution in [3.05, 3.63) is 59.7 Å². The smallest absolute Gasteiger partial charge is 0.253 e. The molecule has 1 N–H and O–H groups in total. The Morgan fingerprint density at radius 3 is 2.73 bits per heavy atom. The highest BCUT2D eigenvalue weighted by atomic mass is 16.5. The van der Waals surface area contributed by atoms with E-state index in [0.29, 0.717) is 24.4 Å². The van der Waals surface area contributed by atoms with Crippen molar-refractivity contribution in [2.75, 3.05) is 31.7 Å². The number of amides is 2. The minimum absolute atomic E-state index is 0.0109. The van der Waals surface area contributed by atoms with E-state index in [1.165, 1.54) is 0 Å². The van der Waals surface area contributed by atoms with Gasteiger partial charge in [0.15, 0.2) is 0 Å². The van der Waals surface area contributed by atoms with E-state index in [9.17, 15) is 9.59 Å². The fourth-order valence-electron chi connectivity index (χ4n) is 2.84. The molecule has 0 aliphatic carbocycles. The Morgan fingerprint density at radius 2 is 2.04 bits per heavy atom. The van der Waals surface area contributed by atoms with Crippen molar-refractivity contribution in [2.24, 2.45) is 0 Å². The standard InChI is InChI=1S/C20H22N2O4/c1-14-4-3-5-16(10-14)22-12-18(26-13-19(22)23)11-21-20(24)15-6-8-17(25-2)9-7-15/h3-10,18H,11-13H2,1-2H3,(H,21,24). The number of ether oxygens (including phenoxy) is 2. The predicted molar refractivity (Wildman–Crippen MR) is 98.6 cm³/mol. The first kappa shape index (κ1) is 17.9. The van der Waals surface area contributed by atoms with Crippen molar-refractivity contribution in [2.45, 2.75) is 13.0 Å². The van der Waals surface area contributed by atoms with Gasteiger partial charge in [-0.1, -0.05) is 12.1 Å². The van der Waals surface area contributed by atoms with Gasteiger partial charge in [-0.2, -0.15) is 0 Å². The maximum absolute atomic E-state index is 12.3. The number of carbonyl (C=O) groups excluding carboxylic acids is 2. The zero-order valence-electron chi connectivity index (χ0n) is 14.9. The number of benzene rings is 2. The van der Waals surface area contributed by atoms with Gasteiger partial charge in [0.2, 0.25) is 0 Å². The lowest BCUT2D eigenvalue weighted by Gasteiger charge is -2.33. The molecule has 1 fully saturated rings. The van der Waals surface area contributed by atoms with Crippen LogP contribution < -0.4 is 15.0 Å². The molecular weight excluding hydrogens is 332 g/mol. The number of methoxy groups -OCH3 is 1.